The first-order valence-corrected chi connectivity index (χ1v) is 5.43. The molecule has 0 aromatic heterocycles. The van der Waals surface area contributed by atoms with Gasteiger partial charge in [0.05, 0.1) is 4.90 Å². The van der Waals surface area contributed by atoms with Crippen molar-refractivity contribution in [3.05, 3.63) is 31.2 Å². The molecule has 1 amide bonds. The van der Waals surface area contributed by atoms with Crippen LogP contribution in [-0.2, 0) is 14.9 Å². The summed E-state index contributed by atoms with van der Waals surface area (Å²) < 4.78 is 30.1. The molecule has 1 N–H and O–H groups in total. The fourth-order valence-corrected chi connectivity index (χ4v) is 1.47. The summed E-state index contributed by atoms with van der Waals surface area (Å²) in [5, 5.41) is 0. The zero-order valence-electron chi connectivity index (χ0n) is 8.04. The molecule has 0 atom stereocenters. The lowest BCUT2D eigenvalue weighted by Crippen LogP contribution is -2.22. The Kier molecular flexibility index (Phi) is 3.11. The Morgan fingerprint density at radius 2 is 1.80 bits per heavy atom. The highest BCUT2D eigenvalue weighted by atomic mass is 32.2. The molecule has 0 fully saturated rings. The smallest absolute Gasteiger partial charge is 0.294 e. The third-order valence-corrected chi connectivity index (χ3v) is 2.76. The molecule has 1 aromatic rings. The number of hydrogen-bond donors (Lipinski definition) is 1. The molecule has 0 saturated heterocycles. The topological polar surface area (TPSA) is 74.7 Å². The van der Waals surface area contributed by atoms with E-state index in [1.54, 1.807) is 0 Å². The Morgan fingerprint density at radius 3 is 2.13 bits per heavy atom. The first kappa shape index (κ1) is 11.7. The van der Waals surface area contributed by atoms with E-state index in [0.717, 1.165) is 0 Å². The van der Waals surface area contributed by atoms with Crippen LogP contribution in [0.25, 0.3) is 0 Å². The monoisotopic (exact) mass is 228 g/mol. The van der Waals surface area contributed by atoms with Crippen LogP contribution in [0.3, 0.4) is 0 Å². The van der Waals surface area contributed by atoms with Crippen molar-refractivity contribution in [2.75, 3.05) is 11.9 Å². The van der Waals surface area contributed by atoms with Crippen LogP contribution in [0.15, 0.2) is 29.2 Å². The Hall–Kier alpha value is -1.40. The van der Waals surface area contributed by atoms with Crippen molar-refractivity contribution in [1.29, 1.82) is 0 Å². The molecule has 0 spiro atoms. The standard InChI is InChI=1S/C9H10NO4S/c1-7(11)10(2)8-3-5-9(6-4-8)15(12,13)14/h3-6H,1H2,2H3,(H,12,13,14). The molecule has 0 bridgehead atoms. The predicted molar refractivity (Wildman–Crippen MR) is 55.0 cm³/mol. The van der Waals surface area contributed by atoms with E-state index >= 15 is 0 Å². The Morgan fingerprint density at radius 1 is 1.33 bits per heavy atom. The number of amides is 1. The summed E-state index contributed by atoms with van der Waals surface area (Å²) in [5.41, 5.74) is 0.502. The van der Waals surface area contributed by atoms with E-state index < -0.39 is 16.0 Å². The summed E-state index contributed by atoms with van der Waals surface area (Å²) in [4.78, 5) is 11.9. The summed E-state index contributed by atoms with van der Waals surface area (Å²) in [6.07, 6.45) is 0. The number of anilines is 1. The maximum atomic E-state index is 10.9. The second-order valence-electron chi connectivity index (χ2n) is 2.92. The fourth-order valence-electron chi connectivity index (χ4n) is 0.986. The van der Waals surface area contributed by atoms with Crippen molar-refractivity contribution in [2.45, 2.75) is 4.90 Å². The highest BCUT2D eigenvalue weighted by Gasteiger charge is 2.10. The summed E-state index contributed by atoms with van der Waals surface area (Å²) in [7, 11) is -2.67. The number of nitrogens with zero attached hydrogens (tertiary/aromatic N) is 1. The van der Waals surface area contributed by atoms with Gasteiger partial charge in [-0.05, 0) is 24.3 Å². The van der Waals surface area contributed by atoms with E-state index in [1.807, 2.05) is 0 Å². The Bertz CT molecular complexity index is 463. The van der Waals surface area contributed by atoms with Crippen LogP contribution in [0.4, 0.5) is 5.69 Å². The largest absolute Gasteiger partial charge is 0.315 e. The third kappa shape index (κ3) is 2.77. The third-order valence-electron chi connectivity index (χ3n) is 1.90. The van der Waals surface area contributed by atoms with E-state index in [-0.39, 0.29) is 4.90 Å². The maximum absolute atomic E-state index is 10.9. The molecule has 0 aliphatic rings. The van der Waals surface area contributed by atoms with Gasteiger partial charge in [0.1, 0.15) is 0 Å². The van der Waals surface area contributed by atoms with Gasteiger partial charge in [-0.15, -0.1) is 0 Å². The Balaban J connectivity index is 3.06. The van der Waals surface area contributed by atoms with Gasteiger partial charge in [0.2, 0.25) is 5.91 Å². The lowest BCUT2D eigenvalue weighted by molar-refractivity contribution is -0.114. The SMILES string of the molecule is [CH2]C(=O)N(C)c1ccc(S(=O)(=O)O)cc1. The van der Waals surface area contributed by atoms with Crippen LogP contribution in [0, 0.1) is 6.92 Å². The lowest BCUT2D eigenvalue weighted by Gasteiger charge is -2.14. The molecule has 1 aromatic carbocycles. The second kappa shape index (κ2) is 4.00. The van der Waals surface area contributed by atoms with E-state index in [4.69, 9.17) is 4.55 Å². The zero-order valence-corrected chi connectivity index (χ0v) is 8.86. The average Bonchev–Trinajstić information content (AvgIpc) is 2.15. The van der Waals surface area contributed by atoms with Gasteiger partial charge in [-0.25, -0.2) is 0 Å². The molecule has 15 heavy (non-hydrogen) atoms. The molecule has 5 nitrogen and oxygen atoms in total. The molecule has 0 aliphatic heterocycles. The maximum Gasteiger partial charge on any atom is 0.294 e. The van der Waals surface area contributed by atoms with Crippen LogP contribution >= 0.6 is 0 Å². The van der Waals surface area contributed by atoms with Crippen molar-refractivity contribution in [1.82, 2.24) is 0 Å². The van der Waals surface area contributed by atoms with Crippen molar-refractivity contribution in [3.8, 4) is 0 Å². The molecule has 0 unspecified atom stereocenters. The minimum Gasteiger partial charge on any atom is -0.315 e. The molecule has 0 aliphatic carbocycles. The number of carbonyl (C=O) groups excluding carboxylic acids is 1. The average molecular weight is 228 g/mol. The highest BCUT2D eigenvalue weighted by Crippen LogP contribution is 2.16. The number of benzene rings is 1. The molecule has 1 radical (unpaired) electrons. The summed E-state index contributed by atoms with van der Waals surface area (Å²) in [5.74, 6) is -0.408. The van der Waals surface area contributed by atoms with E-state index in [1.165, 1.54) is 36.2 Å². The van der Waals surface area contributed by atoms with Crippen molar-refractivity contribution >= 4 is 21.7 Å². The van der Waals surface area contributed by atoms with Crippen molar-refractivity contribution in [3.63, 3.8) is 0 Å². The second-order valence-corrected chi connectivity index (χ2v) is 4.34. The quantitative estimate of drug-likeness (QED) is 0.757. The van der Waals surface area contributed by atoms with Crippen LogP contribution in [-0.4, -0.2) is 25.9 Å². The molecular formula is C9H10NO4S. The molecule has 0 saturated carbocycles. The van der Waals surface area contributed by atoms with Gasteiger partial charge in [0.15, 0.2) is 0 Å². The van der Waals surface area contributed by atoms with Crippen LogP contribution in [0.2, 0.25) is 0 Å². The fraction of sp³-hybridized carbons (Fsp3) is 0.111. The van der Waals surface area contributed by atoms with E-state index in [2.05, 4.69) is 6.92 Å². The van der Waals surface area contributed by atoms with Crippen molar-refractivity contribution < 1.29 is 17.8 Å². The van der Waals surface area contributed by atoms with Gasteiger partial charge >= 0.3 is 0 Å². The first-order valence-electron chi connectivity index (χ1n) is 3.99. The number of hydrogen-bond acceptors (Lipinski definition) is 3. The predicted octanol–water partition coefficient (Wildman–Crippen LogP) is 0.730. The van der Waals surface area contributed by atoms with Crippen LogP contribution in [0.5, 0.6) is 0 Å². The molecule has 6 heteroatoms. The van der Waals surface area contributed by atoms with Crippen molar-refractivity contribution in [2.24, 2.45) is 0 Å². The molecule has 0 heterocycles. The summed E-state index contributed by atoms with van der Waals surface area (Å²) in [6, 6.07) is 5.24. The lowest BCUT2D eigenvalue weighted by atomic mass is 10.3. The minimum atomic E-state index is -4.18. The number of carbonyl (C=O) groups is 1. The van der Waals surface area contributed by atoms with E-state index in [9.17, 15) is 13.2 Å². The van der Waals surface area contributed by atoms with Gasteiger partial charge < -0.3 is 4.90 Å². The molecule has 1 rings (SSSR count). The normalized spacial score (nSPS) is 11.1. The minimum absolute atomic E-state index is 0.212. The van der Waals surface area contributed by atoms with E-state index in [0.29, 0.717) is 5.69 Å². The van der Waals surface area contributed by atoms with Crippen LogP contribution in [0.1, 0.15) is 0 Å². The molecular weight excluding hydrogens is 218 g/mol. The van der Waals surface area contributed by atoms with Crippen LogP contribution < -0.4 is 4.90 Å². The van der Waals surface area contributed by atoms with Gasteiger partial charge in [-0.1, -0.05) is 0 Å². The zero-order chi connectivity index (χ0) is 11.6. The summed E-state index contributed by atoms with van der Waals surface area (Å²) in [6.45, 7) is 3.21. The summed E-state index contributed by atoms with van der Waals surface area (Å²) >= 11 is 0. The molecule has 81 valence electrons. The van der Waals surface area contributed by atoms with Gasteiger partial charge in [0.25, 0.3) is 10.1 Å². The Labute approximate surface area is 88.1 Å². The number of rotatable bonds is 2. The van der Waals surface area contributed by atoms with Gasteiger partial charge in [-0.2, -0.15) is 8.42 Å². The first-order chi connectivity index (χ1) is 6.82. The highest BCUT2D eigenvalue weighted by molar-refractivity contribution is 7.85. The van der Waals surface area contributed by atoms with Gasteiger partial charge in [-0.3, -0.25) is 9.35 Å². The van der Waals surface area contributed by atoms with Gasteiger partial charge in [0, 0.05) is 19.7 Å².